The second-order valence-electron chi connectivity index (χ2n) is 11.8. The van der Waals surface area contributed by atoms with Gasteiger partial charge < -0.3 is 24.2 Å². The highest BCUT2D eigenvalue weighted by atomic mass is 16.5. The lowest BCUT2D eigenvalue weighted by Gasteiger charge is -2.50. The third-order valence-electron chi connectivity index (χ3n) is 9.16. The number of imide groups is 1. The number of methoxy groups -OCH3 is 2. The van der Waals surface area contributed by atoms with Crippen LogP contribution in [0.5, 0.6) is 0 Å². The first-order chi connectivity index (χ1) is 19.3. The predicted octanol–water partition coefficient (Wildman–Crippen LogP) is 2.75. The number of piperidine rings is 1. The number of fused-ring (bicyclic) bond motifs is 1. The van der Waals surface area contributed by atoms with E-state index in [0.717, 1.165) is 44.3 Å². The Labute approximate surface area is 236 Å². The van der Waals surface area contributed by atoms with Crippen LogP contribution in [0.1, 0.15) is 61.4 Å². The van der Waals surface area contributed by atoms with Crippen LogP contribution < -0.4 is 0 Å². The first-order valence-electron chi connectivity index (χ1n) is 14.6. The summed E-state index contributed by atoms with van der Waals surface area (Å²) < 4.78 is 11.3. The number of carbonyl (C=O) groups excluding carboxylic acids is 4. The van der Waals surface area contributed by atoms with E-state index >= 15 is 0 Å². The molecule has 10 heteroatoms. The molecule has 5 atom stereocenters. The molecule has 1 aromatic rings. The Morgan fingerprint density at radius 3 is 2.20 bits per heavy atom. The van der Waals surface area contributed by atoms with Crippen LogP contribution in [0.25, 0.3) is 0 Å². The van der Waals surface area contributed by atoms with Gasteiger partial charge in [0, 0.05) is 52.0 Å². The Morgan fingerprint density at radius 2 is 1.55 bits per heavy atom. The molecular formula is C30H42N4O6. The number of ether oxygens (including phenoxy) is 2. The average molecular weight is 555 g/mol. The molecule has 3 heterocycles. The van der Waals surface area contributed by atoms with Crippen LogP contribution in [0.4, 0.5) is 4.79 Å². The SMILES string of the molecule is COC1CC2C(=O)N(Cc3ccc(C(=O)N4CCCC4)cc3)C(=O)N(CC(=O)N3CCCC(C)C3)C2CC1OC. The Hall–Kier alpha value is -2.98. The summed E-state index contributed by atoms with van der Waals surface area (Å²) in [6, 6.07) is 6.26. The van der Waals surface area contributed by atoms with Crippen molar-refractivity contribution in [2.24, 2.45) is 11.8 Å². The molecule has 0 bridgehead atoms. The monoisotopic (exact) mass is 554 g/mol. The van der Waals surface area contributed by atoms with Gasteiger partial charge in [-0.05, 0) is 62.1 Å². The van der Waals surface area contributed by atoms with Gasteiger partial charge in [0.1, 0.15) is 6.54 Å². The summed E-state index contributed by atoms with van der Waals surface area (Å²) in [7, 11) is 3.22. The van der Waals surface area contributed by atoms with E-state index in [4.69, 9.17) is 9.47 Å². The Bertz CT molecular complexity index is 1100. The van der Waals surface area contributed by atoms with Gasteiger partial charge in [-0.1, -0.05) is 19.1 Å². The van der Waals surface area contributed by atoms with Gasteiger partial charge in [0.25, 0.3) is 5.91 Å². The van der Waals surface area contributed by atoms with E-state index in [2.05, 4.69) is 6.92 Å². The highest BCUT2D eigenvalue weighted by Crippen LogP contribution is 2.37. The normalized spacial score (nSPS) is 29.1. The van der Waals surface area contributed by atoms with Crippen molar-refractivity contribution in [3.05, 3.63) is 35.4 Å². The molecule has 10 nitrogen and oxygen atoms in total. The number of carbonyl (C=O) groups is 4. The molecule has 0 radical (unpaired) electrons. The van der Waals surface area contributed by atoms with Gasteiger partial charge in [-0.2, -0.15) is 0 Å². The number of hydrogen-bond donors (Lipinski definition) is 0. The average Bonchev–Trinajstić information content (AvgIpc) is 3.52. The first kappa shape index (κ1) is 28.5. The van der Waals surface area contributed by atoms with E-state index in [1.807, 2.05) is 9.80 Å². The minimum atomic E-state index is -0.488. The van der Waals surface area contributed by atoms with E-state index in [1.165, 1.54) is 4.90 Å². The van der Waals surface area contributed by atoms with Crippen LogP contribution in [-0.2, 0) is 25.6 Å². The van der Waals surface area contributed by atoms with Crippen LogP contribution in [0.2, 0.25) is 0 Å². The highest BCUT2D eigenvalue weighted by molar-refractivity contribution is 6.00. The third kappa shape index (κ3) is 5.74. The molecular weight excluding hydrogens is 512 g/mol. The fraction of sp³-hybridized carbons (Fsp3) is 0.667. The third-order valence-corrected chi connectivity index (χ3v) is 9.16. The second kappa shape index (κ2) is 12.3. The lowest BCUT2D eigenvalue weighted by Crippen LogP contribution is -2.66. The van der Waals surface area contributed by atoms with Crippen molar-refractivity contribution in [2.45, 2.75) is 70.2 Å². The molecule has 5 rings (SSSR count). The van der Waals surface area contributed by atoms with E-state index < -0.39 is 18.0 Å². The maximum Gasteiger partial charge on any atom is 0.327 e. The fourth-order valence-corrected chi connectivity index (χ4v) is 6.84. The maximum absolute atomic E-state index is 13.9. The van der Waals surface area contributed by atoms with Gasteiger partial charge in [0.2, 0.25) is 11.8 Å². The minimum Gasteiger partial charge on any atom is -0.379 e. The van der Waals surface area contributed by atoms with Crippen molar-refractivity contribution in [1.82, 2.24) is 19.6 Å². The zero-order valence-electron chi connectivity index (χ0n) is 23.9. The molecule has 0 aromatic heterocycles. The number of benzene rings is 1. The lowest BCUT2D eigenvalue weighted by molar-refractivity contribution is -0.154. The number of urea groups is 1. The molecule has 4 fully saturated rings. The van der Waals surface area contributed by atoms with E-state index in [-0.39, 0.29) is 43.0 Å². The van der Waals surface area contributed by atoms with Gasteiger partial charge in [-0.15, -0.1) is 0 Å². The smallest absolute Gasteiger partial charge is 0.327 e. The van der Waals surface area contributed by atoms with E-state index in [0.29, 0.717) is 37.4 Å². The van der Waals surface area contributed by atoms with Crippen molar-refractivity contribution in [3.63, 3.8) is 0 Å². The van der Waals surface area contributed by atoms with Crippen LogP contribution in [0, 0.1) is 11.8 Å². The number of hydrogen-bond acceptors (Lipinski definition) is 6. The van der Waals surface area contributed by atoms with Gasteiger partial charge in [0.15, 0.2) is 0 Å². The number of amides is 5. The van der Waals surface area contributed by atoms with Crippen LogP contribution in [0.3, 0.4) is 0 Å². The molecule has 5 unspecified atom stereocenters. The maximum atomic E-state index is 13.9. The predicted molar refractivity (Wildman–Crippen MR) is 147 cm³/mol. The summed E-state index contributed by atoms with van der Waals surface area (Å²) in [5, 5.41) is 0. The Morgan fingerprint density at radius 1 is 0.900 bits per heavy atom. The van der Waals surface area contributed by atoms with E-state index in [1.54, 1.807) is 43.4 Å². The molecule has 5 amide bonds. The number of rotatable bonds is 7. The van der Waals surface area contributed by atoms with Gasteiger partial charge in [-0.25, -0.2) is 4.79 Å². The summed E-state index contributed by atoms with van der Waals surface area (Å²) in [4.78, 5) is 60.4. The topological polar surface area (TPSA) is 99.7 Å². The Kier molecular flexibility index (Phi) is 8.75. The number of nitrogens with zero attached hydrogens (tertiary/aromatic N) is 4. The molecule has 3 aliphatic heterocycles. The number of likely N-dealkylation sites (tertiary alicyclic amines) is 2. The summed E-state index contributed by atoms with van der Waals surface area (Å²) in [6.07, 6.45) is 4.39. The fourth-order valence-electron chi connectivity index (χ4n) is 6.84. The summed E-state index contributed by atoms with van der Waals surface area (Å²) in [5.74, 6) is -0.386. The van der Waals surface area contributed by atoms with Crippen molar-refractivity contribution in [2.75, 3.05) is 46.9 Å². The van der Waals surface area contributed by atoms with E-state index in [9.17, 15) is 19.2 Å². The quantitative estimate of drug-likeness (QED) is 0.514. The van der Waals surface area contributed by atoms with Crippen molar-refractivity contribution in [1.29, 1.82) is 0 Å². The standard InChI is InChI=1S/C30H42N4O6/c1-20-7-6-14-32(17-20)27(35)19-33-24-16-26(40-3)25(39-2)15-23(24)29(37)34(30(33)38)18-21-8-10-22(11-9-21)28(36)31-12-4-5-13-31/h8-11,20,23-26H,4-7,12-19H2,1-3H3. The van der Waals surface area contributed by atoms with Gasteiger partial charge >= 0.3 is 6.03 Å². The van der Waals surface area contributed by atoms with Crippen molar-refractivity contribution >= 4 is 23.8 Å². The highest BCUT2D eigenvalue weighted by Gasteiger charge is 2.52. The van der Waals surface area contributed by atoms with Crippen molar-refractivity contribution in [3.8, 4) is 0 Å². The molecule has 0 N–H and O–H groups in total. The largest absolute Gasteiger partial charge is 0.379 e. The molecule has 0 spiro atoms. The summed E-state index contributed by atoms with van der Waals surface area (Å²) in [6.45, 7) is 5.09. The Balaban J connectivity index is 1.36. The van der Waals surface area contributed by atoms with Crippen LogP contribution >= 0.6 is 0 Å². The summed E-state index contributed by atoms with van der Waals surface area (Å²) in [5.41, 5.74) is 1.36. The molecule has 3 saturated heterocycles. The molecule has 218 valence electrons. The first-order valence-corrected chi connectivity index (χ1v) is 14.6. The van der Waals surface area contributed by atoms with Crippen molar-refractivity contribution < 1.29 is 28.7 Å². The minimum absolute atomic E-state index is 0.00856. The lowest BCUT2D eigenvalue weighted by atomic mass is 9.78. The molecule has 1 aromatic carbocycles. The second-order valence-corrected chi connectivity index (χ2v) is 11.8. The zero-order valence-corrected chi connectivity index (χ0v) is 23.9. The summed E-state index contributed by atoms with van der Waals surface area (Å²) >= 11 is 0. The van der Waals surface area contributed by atoms with Crippen LogP contribution in [0.15, 0.2) is 24.3 Å². The van der Waals surface area contributed by atoms with Gasteiger partial charge in [0.05, 0.1) is 24.7 Å². The molecule has 4 aliphatic rings. The molecule has 40 heavy (non-hydrogen) atoms. The zero-order chi connectivity index (χ0) is 28.4. The molecule has 1 aliphatic carbocycles. The molecule has 1 saturated carbocycles. The van der Waals surface area contributed by atoms with Gasteiger partial charge in [-0.3, -0.25) is 19.3 Å². The van der Waals surface area contributed by atoms with Crippen LogP contribution in [-0.4, -0.2) is 109 Å².